The van der Waals surface area contributed by atoms with E-state index in [1.807, 2.05) is 6.92 Å². The smallest absolute Gasteiger partial charge is 0.338 e. The number of carbonyl (C=O) groups excluding carboxylic acids is 3. The molecule has 2 amide bonds. The highest BCUT2D eigenvalue weighted by atomic mass is 16.7. The average Bonchev–Trinajstić information content (AvgIpc) is 2.86. The zero-order chi connectivity index (χ0) is 21.1. The van der Waals surface area contributed by atoms with E-state index >= 15 is 0 Å². The van der Waals surface area contributed by atoms with E-state index in [4.69, 9.17) is 4.84 Å². The number of rotatable bonds is 6. The quantitative estimate of drug-likeness (QED) is 0.518. The van der Waals surface area contributed by atoms with Crippen LogP contribution in [0.5, 0.6) is 5.88 Å². The Balaban J connectivity index is 2.43. The fraction of sp³-hybridized carbons (Fsp3) is 0.450. The van der Waals surface area contributed by atoms with Crippen molar-refractivity contribution in [2.75, 3.05) is 11.9 Å². The van der Waals surface area contributed by atoms with E-state index in [0.29, 0.717) is 23.1 Å². The van der Waals surface area contributed by atoms with Crippen LogP contribution >= 0.6 is 0 Å². The van der Waals surface area contributed by atoms with Crippen LogP contribution in [-0.4, -0.2) is 34.2 Å². The van der Waals surface area contributed by atoms with Gasteiger partial charge in [-0.05, 0) is 52.3 Å². The molecule has 0 unspecified atom stereocenters. The summed E-state index contributed by atoms with van der Waals surface area (Å²) in [6, 6.07) is 4.38. The van der Waals surface area contributed by atoms with E-state index in [9.17, 15) is 19.5 Å². The van der Waals surface area contributed by atoms with Crippen molar-refractivity contribution in [3.05, 3.63) is 23.8 Å². The fourth-order valence-corrected chi connectivity index (χ4v) is 2.54. The second-order valence-corrected chi connectivity index (χ2v) is 7.64. The molecule has 0 saturated carbocycles. The summed E-state index contributed by atoms with van der Waals surface area (Å²) in [5, 5.41) is 16.3. The monoisotopic (exact) mass is 389 g/mol. The average molecular weight is 389 g/mol. The van der Waals surface area contributed by atoms with Gasteiger partial charge in [-0.25, -0.2) is 9.59 Å². The van der Waals surface area contributed by atoms with Gasteiger partial charge < -0.3 is 20.6 Å². The van der Waals surface area contributed by atoms with Gasteiger partial charge in [0.15, 0.2) is 5.78 Å². The van der Waals surface area contributed by atoms with Gasteiger partial charge in [-0.1, -0.05) is 13.3 Å². The molecule has 1 aromatic heterocycles. The van der Waals surface area contributed by atoms with Crippen LogP contribution in [-0.2, 0) is 4.79 Å². The molecule has 0 saturated heterocycles. The largest absolute Gasteiger partial charge is 0.492 e. The summed E-state index contributed by atoms with van der Waals surface area (Å²) in [4.78, 5) is 41.6. The molecule has 0 atom stereocenters. The number of unbranched alkanes of at least 4 members (excludes halogenated alkanes) is 1. The minimum atomic E-state index is -0.811. The van der Waals surface area contributed by atoms with Crippen LogP contribution in [0.3, 0.4) is 0 Å². The maximum Gasteiger partial charge on any atom is 0.338 e. The van der Waals surface area contributed by atoms with E-state index in [1.165, 1.54) is 13.0 Å². The first-order chi connectivity index (χ1) is 13.1. The molecule has 8 heteroatoms. The van der Waals surface area contributed by atoms with Crippen LogP contribution in [0.1, 0.15) is 57.8 Å². The third kappa shape index (κ3) is 4.62. The predicted octanol–water partition coefficient (Wildman–Crippen LogP) is 3.47. The summed E-state index contributed by atoms with van der Waals surface area (Å²) in [6.07, 6.45) is 1.83. The van der Waals surface area contributed by atoms with E-state index in [2.05, 4.69) is 10.6 Å². The van der Waals surface area contributed by atoms with E-state index in [-0.39, 0.29) is 17.4 Å². The van der Waals surface area contributed by atoms with Crippen molar-refractivity contribution in [2.45, 2.75) is 47.5 Å². The molecule has 1 heterocycles. The molecule has 0 fully saturated rings. The Kier molecular flexibility index (Phi) is 6.33. The highest BCUT2D eigenvalue weighted by Gasteiger charge is 2.28. The zero-order valence-corrected chi connectivity index (χ0v) is 16.9. The molecule has 3 N–H and O–H groups in total. The number of nitrogens with zero attached hydrogens (tertiary/aromatic N) is 1. The molecule has 0 bridgehead atoms. The van der Waals surface area contributed by atoms with Crippen LogP contribution in [0.2, 0.25) is 0 Å². The number of benzene rings is 1. The Bertz CT molecular complexity index is 909. The van der Waals surface area contributed by atoms with Gasteiger partial charge in [0.05, 0.1) is 16.5 Å². The number of Topliss-reactive ketones (excluding diaryl/α,β-unsaturated/α-hetero) is 1. The van der Waals surface area contributed by atoms with Crippen molar-refractivity contribution in [2.24, 2.45) is 5.41 Å². The van der Waals surface area contributed by atoms with Crippen LogP contribution in [0.25, 0.3) is 10.9 Å². The second-order valence-electron chi connectivity index (χ2n) is 7.64. The maximum absolute atomic E-state index is 12.3. The van der Waals surface area contributed by atoms with Gasteiger partial charge in [-0.2, -0.15) is 0 Å². The van der Waals surface area contributed by atoms with E-state index in [1.54, 1.807) is 32.9 Å². The molecule has 0 aliphatic heterocycles. The Morgan fingerprint density at radius 1 is 1.21 bits per heavy atom. The predicted molar refractivity (Wildman–Crippen MR) is 107 cm³/mol. The standard InChI is InChI=1S/C20H27N3O5/c1-6-7-10-21-19(27)22-13-8-9-14-15(11-13)23(17(25)16(14)12(2)24)28-18(26)20(3,4)5/h8-9,11,25H,6-7,10H2,1-5H3,(H2,21,22,27). The van der Waals surface area contributed by atoms with Crippen LogP contribution in [0.4, 0.5) is 10.5 Å². The fourth-order valence-electron chi connectivity index (χ4n) is 2.54. The molecule has 0 spiro atoms. The summed E-state index contributed by atoms with van der Waals surface area (Å²) >= 11 is 0. The highest BCUT2D eigenvalue weighted by molar-refractivity contribution is 6.10. The highest BCUT2D eigenvalue weighted by Crippen LogP contribution is 2.33. The minimum Gasteiger partial charge on any atom is -0.492 e. The minimum absolute atomic E-state index is 0.0515. The van der Waals surface area contributed by atoms with Gasteiger partial charge in [0.1, 0.15) is 0 Å². The molecule has 0 aliphatic rings. The van der Waals surface area contributed by atoms with E-state index < -0.39 is 17.3 Å². The number of carbonyl (C=O) groups is 3. The van der Waals surface area contributed by atoms with E-state index in [0.717, 1.165) is 17.6 Å². The Morgan fingerprint density at radius 2 is 1.89 bits per heavy atom. The molecular formula is C20H27N3O5. The van der Waals surface area contributed by atoms with Crippen molar-refractivity contribution < 1.29 is 24.3 Å². The van der Waals surface area contributed by atoms with Gasteiger partial charge in [-0.3, -0.25) is 4.79 Å². The number of amides is 2. The molecule has 152 valence electrons. The van der Waals surface area contributed by atoms with Gasteiger partial charge in [0.25, 0.3) is 0 Å². The first-order valence-corrected chi connectivity index (χ1v) is 9.22. The third-order valence-corrected chi connectivity index (χ3v) is 4.11. The SMILES string of the molecule is CCCCNC(=O)Nc1ccc2c(C(C)=O)c(O)n(OC(=O)C(C)(C)C)c2c1. The molecule has 1 aromatic carbocycles. The van der Waals surface area contributed by atoms with Crippen molar-refractivity contribution >= 4 is 34.4 Å². The molecule has 0 aliphatic carbocycles. The van der Waals surface area contributed by atoms with Crippen molar-refractivity contribution in [3.8, 4) is 5.88 Å². The van der Waals surface area contributed by atoms with Crippen LogP contribution in [0.15, 0.2) is 18.2 Å². The van der Waals surface area contributed by atoms with Crippen LogP contribution < -0.4 is 15.5 Å². The number of anilines is 1. The lowest BCUT2D eigenvalue weighted by Gasteiger charge is -2.17. The molecule has 28 heavy (non-hydrogen) atoms. The number of hydrogen-bond donors (Lipinski definition) is 3. The molecule has 2 aromatic rings. The maximum atomic E-state index is 12.3. The number of hydrogen-bond acceptors (Lipinski definition) is 5. The molecular weight excluding hydrogens is 362 g/mol. The Labute approximate surface area is 163 Å². The van der Waals surface area contributed by atoms with Gasteiger partial charge >= 0.3 is 12.0 Å². The molecule has 0 radical (unpaired) electrons. The van der Waals surface area contributed by atoms with Gasteiger partial charge in [-0.15, -0.1) is 4.73 Å². The third-order valence-electron chi connectivity index (χ3n) is 4.11. The molecule has 2 rings (SSSR count). The lowest BCUT2D eigenvalue weighted by atomic mass is 9.98. The summed E-state index contributed by atoms with van der Waals surface area (Å²) in [7, 11) is 0. The Hall–Kier alpha value is -3.03. The number of aromatic nitrogens is 1. The van der Waals surface area contributed by atoms with Gasteiger partial charge in [0, 0.05) is 17.6 Å². The number of ketones is 1. The van der Waals surface area contributed by atoms with Crippen LogP contribution in [0, 0.1) is 5.41 Å². The van der Waals surface area contributed by atoms with Crippen molar-refractivity contribution in [1.82, 2.24) is 10.0 Å². The first-order valence-electron chi connectivity index (χ1n) is 9.22. The Morgan fingerprint density at radius 3 is 2.46 bits per heavy atom. The topological polar surface area (TPSA) is 110 Å². The normalized spacial score (nSPS) is 11.3. The number of nitrogens with one attached hydrogen (secondary N) is 2. The summed E-state index contributed by atoms with van der Waals surface area (Å²) in [6.45, 7) is 8.93. The van der Waals surface area contributed by atoms with Gasteiger partial charge in [0.2, 0.25) is 5.88 Å². The number of urea groups is 1. The summed E-state index contributed by atoms with van der Waals surface area (Å²) in [5.74, 6) is -1.40. The number of aromatic hydroxyl groups is 1. The lowest BCUT2D eigenvalue weighted by Crippen LogP contribution is -2.31. The first kappa shape index (κ1) is 21.3. The lowest BCUT2D eigenvalue weighted by molar-refractivity contribution is -0.153. The summed E-state index contributed by atoms with van der Waals surface area (Å²) in [5.41, 5.74) is -0.0291. The number of fused-ring (bicyclic) bond motifs is 1. The summed E-state index contributed by atoms with van der Waals surface area (Å²) < 4.78 is 0.930. The van der Waals surface area contributed by atoms with Crippen molar-refractivity contribution in [3.63, 3.8) is 0 Å². The second kappa shape index (κ2) is 8.33. The van der Waals surface area contributed by atoms with Crippen molar-refractivity contribution in [1.29, 1.82) is 0 Å². The zero-order valence-electron chi connectivity index (χ0n) is 16.9. The molecule has 8 nitrogen and oxygen atoms in total.